The Morgan fingerprint density at radius 3 is 2.19 bits per heavy atom. The molecule has 4 heteroatoms. The molecule has 1 aliphatic rings. The van der Waals surface area contributed by atoms with Crippen molar-refractivity contribution in [3.63, 3.8) is 0 Å². The average molecular weight is 290 g/mol. The molecule has 1 aromatic heterocycles. The predicted octanol–water partition coefficient (Wildman–Crippen LogP) is 3.97. The van der Waals surface area contributed by atoms with Crippen LogP contribution in [0.4, 0.5) is 11.6 Å². The van der Waals surface area contributed by atoms with E-state index in [0.717, 1.165) is 47.9 Å². The average Bonchev–Trinajstić information content (AvgIpc) is 3.22. The molecular formula is C17H30N4. The molecule has 0 saturated heterocycles. The first-order chi connectivity index (χ1) is 9.82. The lowest BCUT2D eigenvalue weighted by Gasteiger charge is -2.22. The fourth-order valence-corrected chi connectivity index (χ4v) is 2.45. The Morgan fingerprint density at radius 2 is 1.71 bits per heavy atom. The van der Waals surface area contributed by atoms with Crippen molar-refractivity contribution in [1.29, 1.82) is 0 Å². The minimum absolute atomic E-state index is 0.0452. The number of aromatic nitrogens is 2. The lowest BCUT2D eigenvalue weighted by atomic mass is 9.95. The third-order valence-corrected chi connectivity index (χ3v) is 4.18. The van der Waals surface area contributed by atoms with Crippen LogP contribution in [0.15, 0.2) is 0 Å². The molecule has 21 heavy (non-hydrogen) atoms. The molecule has 0 radical (unpaired) electrons. The summed E-state index contributed by atoms with van der Waals surface area (Å²) in [5, 5.41) is 6.91. The molecule has 1 saturated carbocycles. The van der Waals surface area contributed by atoms with Gasteiger partial charge in [0, 0.05) is 24.1 Å². The molecule has 1 unspecified atom stereocenters. The number of rotatable bonds is 6. The Labute approximate surface area is 129 Å². The molecule has 0 aliphatic heterocycles. The quantitative estimate of drug-likeness (QED) is 0.832. The van der Waals surface area contributed by atoms with E-state index >= 15 is 0 Å². The van der Waals surface area contributed by atoms with Crippen molar-refractivity contribution in [3.05, 3.63) is 11.4 Å². The van der Waals surface area contributed by atoms with Crippen LogP contribution in [0.25, 0.3) is 0 Å². The molecule has 0 aromatic carbocycles. The van der Waals surface area contributed by atoms with Gasteiger partial charge in [-0.3, -0.25) is 0 Å². The van der Waals surface area contributed by atoms with Crippen LogP contribution in [0.5, 0.6) is 0 Å². The van der Waals surface area contributed by atoms with Crippen molar-refractivity contribution in [2.24, 2.45) is 11.8 Å². The van der Waals surface area contributed by atoms with Gasteiger partial charge < -0.3 is 10.6 Å². The minimum atomic E-state index is -0.0452. The van der Waals surface area contributed by atoms with E-state index in [1.165, 1.54) is 12.8 Å². The van der Waals surface area contributed by atoms with Gasteiger partial charge in [0.15, 0.2) is 0 Å². The predicted molar refractivity (Wildman–Crippen MR) is 90.0 cm³/mol. The number of hydrogen-bond donors (Lipinski definition) is 2. The number of anilines is 2. The van der Waals surface area contributed by atoms with Crippen molar-refractivity contribution >= 4 is 11.6 Å². The van der Waals surface area contributed by atoms with Crippen LogP contribution in [-0.2, 0) is 5.41 Å². The van der Waals surface area contributed by atoms with Gasteiger partial charge in [-0.2, -0.15) is 0 Å². The first kappa shape index (κ1) is 16.1. The highest BCUT2D eigenvalue weighted by atomic mass is 15.1. The first-order valence-electron chi connectivity index (χ1n) is 8.19. The van der Waals surface area contributed by atoms with Crippen LogP contribution in [-0.4, -0.2) is 23.1 Å². The van der Waals surface area contributed by atoms with Gasteiger partial charge in [0.05, 0.1) is 0 Å². The highest BCUT2D eigenvalue weighted by Crippen LogP contribution is 2.36. The number of nitrogens with one attached hydrogen (secondary N) is 2. The maximum absolute atomic E-state index is 4.78. The Kier molecular flexibility index (Phi) is 4.74. The zero-order valence-corrected chi connectivity index (χ0v) is 14.4. The van der Waals surface area contributed by atoms with Gasteiger partial charge in [-0.05, 0) is 38.5 Å². The number of hydrogen-bond acceptors (Lipinski definition) is 4. The molecule has 2 rings (SSSR count). The fraction of sp³-hybridized carbons (Fsp3) is 0.765. The lowest BCUT2D eigenvalue weighted by molar-refractivity contribution is 0.530. The zero-order chi connectivity index (χ0) is 15.6. The smallest absolute Gasteiger partial charge is 0.138 e. The molecule has 4 nitrogen and oxygen atoms in total. The van der Waals surface area contributed by atoms with Crippen LogP contribution in [0.2, 0.25) is 0 Å². The second-order valence-corrected chi connectivity index (χ2v) is 7.35. The van der Waals surface area contributed by atoms with E-state index in [2.05, 4.69) is 52.2 Å². The second kappa shape index (κ2) is 6.20. The lowest BCUT2D eigenvalue weighted by Crippen LogP contribution is -2.21. The summed E-state index contributed by atoms with van der Waals surface area (Å²) in [4.78, 5) is 9.48. The van der Waals surface area contributed by atoms with Crippen molar-refractivity contribution in [3.8, 4) is 0 Å². The second-order valence-electron chi connectivity index (χ2n) is 7.35. The molecule has 1 fully saturated rings. The van der Waals surface area contributed by atoms with E-state index in [4.69, 9.17) is 9.97 Å². The summed E-state index contributed by atoms with van der Waals surface area (Å²) >= 11 is 0. The topological polar surface area (TPSA) is 49.8 Å². The highest BCUT2D eigenvalue weighted by Gasteiger charge is 2.28. The normalized spacial score (nSPS) is 16.7. The molecule has 1 aromatic rings. The number of nitrogens with zero attached hydrogens (tertiary/aromatic N) is 2. The zero-order valence-electron chi connectivity index (χ0n) is 14.4. The van der Waals surface area contributed by atoms with Crippen molar-refractivity contribution in [2.75, 3.05) is 23.7 Å². The van der Waals surface area contributed by atoms with Gasteiger partial charge in [0.2, 0.25) is 0 Å². The standard InChI is InChI=1S/C17H30N4/c1-7-18-14-12(3)15(19-10-11(2)13-8-9-13)21-16(20-14)17(4,5)6/h11,13H,7-10H2,1-6H3,(H2,18,19,20,21). The van der Waals surface area contributed by atoms with Crippen molar-refractivity contribution in [1.82, 2.24) is 9.97 Å². The summed E-state index contributed by atoms with van der Waals surface area (Å²) in [6.07, 6.45) is 2.78. The Hall–Kier alpha value is -1.32. The molecule has 2 N–H and O–H groups in total. The van der Waals surface area contributed by atoms with Gasteiger partial charge in [-0.25, -0.2) is 9.97 Å². The third kappa shape index (κ3) is 4.08. The molecule has 0 spiro atoms. The van der Waals surface area contributed by atoms with E-state index in [1.54, 1.807) is 0 Å². The maximum atomic E-state index is 4.78. The molecule has 118 valence electrons. The van der Waals surface area contributed by atoms with Crippen LogP contribution in [0.1, 0.15) is 58.8 Å². The summed E-state index contributed by atoms with van der Waals surface area (Å²) < 4.78 is 0. The SMILES string of the molecule is CCNc1nc(C(C)(C)C)nc(NCC(C)C2CC2)c1C. The minimum Gasteiger partial charge on any atom is -0.370 e. The van der Waals surface area contributed by atoms with Gasteiger partial charge in [0.25, 0.3) is 0 Å². The molecule has 1 heterocycles. The van der Waals surface area contributed by atoms with Crippen LogP contribution in [0.3, 0.4) is 0 Å². The highest BCUT2D eigenvalue weighted by molar-refractivity contribution is 5.57. The summed E-state index contributed by atoms with van der Waals surface area (Å²) in [7, 11) is 0. The Morgan fingerprint density at radius 1 is 1.14 bits per heavy atom. The van der Waals surface area contributed by atoms with Gasteiger partial charge >= 0.3 is 0 Å². The molecular weight excluding hydrogens is 260 g/mol. The summed E-state index contributed by atoms with van der Waals surface area (Å²) in [5.41, 5.74) is 1.07. The van der Waals surface area contributed by atoms with E-state index in [9.17, 15) is 0 Å². The largest absolute Gasteiger partial charge is 0.370 e. The fourth-order valence-electron chi connectivity index (χ4n) is 2.45. The van der Waals surface area contributed by atoms with Crippen molar-refractivity contribution in [2.45, 2.75) is 59.8 Å². The Balaban J connectivity index is 2.22. The molecule has 0 amide bonds. The van der Waals surface area contributed by atoms with Gasteiger partial charge in [-0.1, -0.05) is 27.7 Å². The van der Waals surface area contributed by atoms with Crippen molar-refractivity contribution < 1.29 is 0 Å². The first-order valence-corrected chi connectivity index (χ1v) is 8.19. The Bertz CT molecular complexity index is 486. The molecule has 1 aliphatic carbocycles. The maximum Gasteiger partial charge on any atom is 0.138 e. The van der Waals surface area contributed by atoms with E-state index in [0.29, 0.717) is 0 Å². The summed E-state index contributed by atoms with van der Waals surface area (Å²) in [5.74, 6) is 4.47. The third-order valence-electron chi connectivity index (χ3n) is 4.18. The van der Waals surface area contributed by atoms with Gasteiger partial charge in [0.1, 0.15) is 17.5 Å². The monoisotopic (exact) mass is 290 g/mol. The molecule has 0 bridgehead atoms. The van der Waals surface area contributed by atoms with Crippen LogP contribution >= 0.6 is 0 Å². The van der Waals surface area contributed by atoms with E-state index < -0.39 is 0 Å². The summed E-state index contributed by atoms with van der Waals surface area (Å²) in [6, 6.07) is 0. The summed E-state index contributed by atoms with van der Waals surface area (Å²) in [6.45, 7) is 14.9. The van der Waals surface area contributed by atoms with Gasteiger partial charge in [-0.15, -0.1) is 0 Å². The van der Waals surface area contributed by atoms with Crippen LogP contribution in [0, 0.1) is 18.8 Å². The van der Waals surface area contributed by atoms with E-state index in [1.807, 2.05) is 0 Å². The van der Waals surface area contributed by atoms with Crippen LogP contribution < -0.4 is 10.6 Å². The molecule has 1 atom stereocenters. The van der Waals surface area contributed by atoms with E-state index in [-0.39, 0.29) is 5.41 Å².